The van der Waals surface area contributed by atoms with Crippen LogP contribution in [0, 0.1) is 6.92 Å². The Morgan fingerprint density at radius 1 is 0.864 bits per heavy atom. The molecule has 1 heterocycles. The topological polar surface area (TPSA) is 64.8 Å². The molecule has 1 N–H and O–H groups in total. The lowest BCUT2D eigenvalue weighted by molar-refractivity contribution is 0.0955. The van der Waals surface area contributed by atoms with Crippen molar-refractivity contribution in [3.63, 3.8) is 0 Å². The lowest BCUT2D eigenvalue weighted by atomic mass is 10.1. The number of ether oxygens (including phenoxy) is 2. The van der Waals surface area contributed by atoms with Gasteiger partial charge in [-0.25, -0.2) is 5.43 Å². The molecule has 1 amide bonds. The van der Waals surface area contributed by atoms with E-state index in [1.807, 2.05) is 60.7 Å². The highest BCUT2D eigenvalue weighted by Crippen LogP contribution is 2.34. The highest BCUT2D eigenvalue weighted by Gasteiger charge is 2.13. The first-order valence-electron chi connectivity index (χ1n) is 14.2. The predicted octanol–water partition coefficient (Wildman–Crippen LogP) is 8.72. The van der Waals surface area contributed by atoms with E-state index in [9.17, 15) is 4.79 Å². The van der Waals surface area contributed by atoms with Crippen molar-refractivity contribution in [2.24, 2.45) is 5.10 Å². The molecule has 44 heavy (non-hydrogen) atoms. The second-order valence-electron chi connectivity index (χ2n) is 10.3. The Hall–Kier alpha value is -5.14. The van der Waals surface area contributed by atoms with E-state index in [4.69, 9.17) is 9.47 Å². The van der Waals surface area contributed by atoms with E-state index in [0.717, 1.165) is 43.6 Å². The molecule has 0 atom stereocenters. The lowest BCUT2D eigenvalue weighted by Crippen LogP contribution is -2.17. The first-order valence-corrected chi connectivity index (χ1v) is 15.0. The maximum absolute atomic E-state index is 12.9. The average Bonchev–Trinajstić information content (AvgIpc) is 3.46. The number of aromatic nitrogens is 1. The van der Waals surface area contributed by atoms with Crippen LogP contribution in [0.2, 0.25) is 0 Å². The highest BCUT2D eigenvalue weighted by molar-refractivity contribution is 9.10. The summed E-state index contributed by atoms with van der Waals surface area (Å²) < 4.78 is 14.7. The fourth-order valence-corrected chi connectivity index (χ4v) is 5.62. The molecule has 5 aromatic carbocycles. The van der Waals surface area contributed by atoms with Crippen LogP contribution < -0.4 is 14.9 Å². The van der Waals surface area contributed by atoms with Crippen LogP contribution in [0.5, 0.6) is 11.5 Å². The predicted molar refractivity (Wildman–Crippen MR) is 180 cm³/mol. The van der Waals surface area contributed by atoms with Crippen LogP contribution >= 0.6 is 15.9 Å². The Bertz CT molecular complexity index is 1960. The molecule has 0 unspecified atom stereocenters. The molecule has 6 rings (SSSR count). The monoisotopic (exact) mass is 643 g/mol. The van der Waals surface area contributed by atoms with Gasteiger partial charge in [-0.05, 0) is 93.3 Å². The summed E-state index contributed by atoms with van der Waals surface area (Å²) in [6, 6.07) is 40.0. The van der Waals surface area contributed by atoms with Crippen LogP contribution in [-0.4, -0.2) is 23.8 Å². The Morgan fingerprint density at radius 3 is 2.41 bits per heavy atom. The van der Waals surface area contributed by atoms with Crippen LogP contribution in [0.4, 0.5) is 0 Å². The third-order valence-corrected chi connectivity index (χ3v) is 8.14. The number of aryl methyl sites for hydroxylation is 1. The fourth-order valence-electron chi connectivity index (χ4n) is 5.20. The van der Waals surface area contributed by atoms with Gasteiger partial charge in [0.1, 0.15) is 6.61 Å². The van der Waals surface area contributed by atoms with Gasteiger partial charge in [0.2, 0.25) is 0 Å². The number of nitrogens with one attached hydrogen (secondary N) is 1. The summed E-state index contributed by atoms with van der Waals surface area (Å²) in [5, 5.41) is 6.51. The maximum Gasteiger partial charge on any atom is 0.271 e. The van der Waals surface area contributed by atoms with Crippen molar-refractivity contribution in [1.82, 2.24) is 9.99 Å². The van der Waals surface area contributed by atoms with Gasteiger partial charge < -0.3 is 14.0 Å². The minimum atomic E-state index is -0.307. The molecule has 6 aromatic rings. The van der Waals surface area contributed by atoms with Gasteiger partial charge in [-0.1, -0.05) is 72.8 Å². The molecule has 0 aliphatic rings. The molecule has 0 aliphatic heterocycles. The van der Waals surface area contributed by atoms with E-state index in [1.165, 1.54) is 5.39 Å². The molecular formula is C37H30BrN3O3. The minimum absolute atomic E-state index is 0.307. The van der Waals surface area contributed by atoms with Crippen molar-refractivity contribution >= 4 is 38.8 Å². The van der Waals surface area contributed by atoms with Crippen molar-refractivity contribution in [3.05, 3.63) is 148 Å². The summed E-state index contributed by atoms with van der Waals surface area (Å²) in [6.45, 7) is 2.46. The number of rotatable bonds is 9. The number of nitrogens with zero attached hydrogens (tertiary/aromatic N) is 2. The van der Waals surface area contributed by atoms with E-state index < -0.39 is 0 Å². The molecular weight excluding hydrogens is 614 g/mol. The van der Waals surface area contributed by atoms with E-state index in [-0.39, 0.29) is 5.91 Å². The molecule has 0 fully saturated rings. The Morgan fingerprint density at radius 2 is 1.61 bits per heavy atom. The summed E-state index contributed by atoms with van der Waals surface area (Å²) in [7, 11) is 1.60. The van der Waals surface area contributed by atoms with Gasteiger partial charge >= 0.3 is 0 Å². The standard InChI is InChI=1S/C37H30BrN3O3/c1-25-15-20-34(27-10-4-3-5-11-27)41(25)31-18-16-28(17-19-31)37(42)40-39-23-30-21-35(43-2)36(22-33(30)38)44-24-29-13-8-12-26-9-6-7-14-32(26)29/h3-23H,24H2,1-2H3,(H,40,42)/b39-23+. The zero-order valence-electron chi connectivity index (χ0n) is 24.3. The van der Waals surface area contributed by atoms with Crippen LogP contribution in [-0.2, 0) is 6.61 Å². The van der Waals surface area contributed by atoms with Gasteiger partial charge in [-0.15, -0.1) is 0 Å². The second-order valence-corrected chi connectivity index (χ2v) is 11.1. The third-order valence-electron chi connectivity index (χ3n) is 7.45. The van der Waals surface area contributed by atoms with Crippen LogP contribution in [0.3, 0.4) is 0 Å². The maximum atomic E-state index is 12.9. The first kappa shape index (κ1) is 29.0. The number of hydrogen-bond donors (Lipinski definition) is 1. The van der Waals surface area contributed by atoms with E-state index in [2.05, 4.69) is 86.5 Å². The summed E-state index contributed by atoms with van der Waals surface area (Å²) in [6.07, 6.45) is 1.57. The summed E-state index contributed by atoms with van der Waals surface area (Å²) in [5.74, 6) is 0.854. The second kappa shape index (κ2) is 13.0. The van der Waals surface area contributed by atoms with Gasteiger partial charge in [-0.2, -0.15) is 5.10 Å². The molecule has 0 saturated heterocycles. The molecule has 7 heteroatoms. The van der Waals surface area contributed by atoms with Crippen molar-refractivity contribution in [3.8, 4) is 28.4 Å². The third kappa shape index (κ3) is 6.14. The van der Waals surface area contributed by atoms with Crippen LogP contribution in [0.15, 0.2) is 131 Å². The molecule has 0 radical (unpaired) electrons. The van der Waals surface area contributed by atoms with E-state index in [0.29, 0.717) is 23.7 Å². The number of carbonyl (C=O) groups excluding carboxylic acids is 1. The number of hydrogen-bond acceptors (Lipinski definition) is 4. The number of carbonyl (C=O) groups is 1. The molecule has 1 aromatic heterocycles. The number of amides is 1. The van der Waals surface area contributed by atoms with Gasteiger partial charge in [0, 0.05) is 27.0 Å². The van der Waals surface area contributed by atoms with Gasteiger partial charge in [0.05, 0.1) is 19.0 Å². The quantitative estimate of drug-likeness (QED) is 0.127. The van der Waals surface area contributed by atoms with Crippen LogP contribution in [0.25, 0.3) is 27.7 Å². The number of halogens is 1. The molecule has 218 valence electrons. The van der Waals surface area contributed by atoms with Gasteiger partial charge in [0.25, 0.3) is 5.91 Å². The van der Waals surface area contributed by atoms with Crippen molar-refractivity contribution in [1.29, 1.82) is 0 Å². The number of methoxy groups -OCH3 is 1. The van der Waals surface area contributed by atoms with Crippen LogP contribution in [0.1, 0.15) is 27.2 Å². The van der Waals surface area contributed by atoms with Gasteiger partial charge in [-0.3, -0.25) is 4.79 Å². The molecule has 0 saturated carbocycles. The molecule has 6 nitrogen and oxygen atoms in total. The summed E-state index contributed by atoms with van der Waals surface area (Å²) in [4.78, 5) is 12.9. The zero-order valence-corrected chi connectivity index (χ0v) is 25.9. The first-order chi connectivity index (χ1) is 21.5. The highest BCUT2D eigenvalue weighted by atomic mass is 79.9. The number of benzene rings is 5. The van der Waals surface area contributed by atoms with Gasteiger partial charge in [0.15, 0.2) is 11.5 Å². The Labute approximate surface area is 264 Å². The summed E-state index contributed by atoms with van der Waals surface area (Å²) >= 11 is 3.60. The van der Waals surface area contributed by atoms with E-state index >= 15 is 0 Å². The number of fused-ring (bicyclic) bond motifs is 1. The Balaban J connectivity index is 1.13. The van der Waals surface area contributed by atoms with Crippen molar-refractivity contribution < 1.29 is 14.3 Å². The van der Waals surface area contributed by atoms with E-state index in [1.54, 1.807) is 25.5 Å². The summed E-state index contributed by atoms with van der Waals surface area (Å²) in [5.41, 5.74) is 9.25. The van der Waals surface area contributed by atoms with Crippen molar-refractivity contribution in [2.75, 3.05) is 7.11 Å². The number of hydrazone groups is 1. The average molecular weight is 645 g/mol. The Kier molecular flexibility index (Phi) is 8.57. The zero-order chi connectivity index (χ0) is 30.5. The molecule has 0 bridgehead atoms. The molecule has 0 spiro atoms. The fraction of sp³-hybridized carbons (Fsp3) is 0.0811. The minimum Gasteiger partial charge on any atom is -0.493 e. The lowest BCUT2D eigenvalue weighted by Gasteiger charge is -2.14. The molecule has 0 aliphatic carbocycles. The SMILES string of the molecule is COc1cc(/C=N/NC(=O)c2ccc(-n3c(C)ccc3-c3ccccc3)cc2)c(Br)cc1OCc1cccc2ccccc12. The largest absolute Gasteiger partial charge is 0.493 e. The smallest absolute Gasteiger partial charge is 0.271 e. The normalized spacial score (nSPS) is 11.2. The van der Waals surface area contributed by atoms with Crippen molar-refractivity contribution in [2.45, 2.75) is 13.5 Å².